The summed E-state index contributed by atoms with van der Waals surface area (Å²) in [5.74, 6) is 0.0293. The fourth-order valence-corrected chi connectivity index (χ4v) is 1.96. The third kappa shape index (κ3) is 2.89. The third-order valence-corrected chi connectivity index (χ3v) is 2.97. The van der Waals surface area contributed by atoms with E-state index in [0.29, 0.717) is 28.0 Å². The first-order chi connectivity index (χ1) is 10.1. The van der Waals surface area contributed by atoms with E-state index in [4.69, 9.17) is 14.7 Å². The van der Waals surface area contributed by atoms with Gasteiger partial charge in [-0.1, -0.05) is 11.3 Å². The van der Waals surface area contributed by atoms with Crippen LogP contribution in [-0.4, -0.2) is 24.7 Å². The Bertz CT molecular complexity index is 714. The van der Waals surface area contributed by atoms with E-state index in [1.165, 1.54) is 18.4 Å². The molecule has 0 aromatic heterocycles. The van der Waals surface area contributed by atoms with E-state index >= 15 is 0 Å². The Hall–Kier alpha value is -2.93. The van der Waals surface area contributed by atoms with Gasteiger partial charge < -0.3 is 14.7 Å². The van der Waals surface area contributed by atoms with E-state index in [1.54, 1.807) is 36.4 Å². The quantitative estimate of drug-likeness (QED) is 0.848. The fraction of sp³-hybridized carbons (Fsp3) is 0. The topological polar surface area (TPSA) is 79.2 Å². The van der Waals surface area contributed by atoms with Gasteiger partial charge in [0.15, 0.2) is 0 Å². The summed E-state index contributed by atoms with van der Waals surface area (Å²) < 4.78 is 5.72. The van der Waals surface area contributed by atoms with Crippen molar-refractivity contribution >= 4 is 26.1 Å². The molecule has 2 N–H and O–H groups in total. The maximum absolute atomic E-state index is 10.8. The predicted octanol–water partition coefficient (Wildman–Crippen LogP) is 2.91. The number of carbonyl (C=O) groups is 1. The van der Waals surface area contributed by atoms with Crippen LogP contribution in [0.15, 0.2) is 48.7 Å². The smallest absolute Gasteiger partial charge is 0.335 e. The van der Waals surface area contributed by atoms with Crippen molar-refractivity contribution in [2.45, 2.75) is 0 Å². The zero-order valence-corrected chi connectivity index (χ0v) is 11.3. The molecule has 22 heavy (non-hydrogen) atoms. The summed E-state index contributed by atoms with van der Waals surface area (Å²) in [5, 5.41) is 19.1. The number of aromatic carboxylic acids is 1. The SMILES string of the molecule is O=C(O)c1ccc(Oc2cccc3c2C=CON3O)cc1.[B]. The van der Waals surface area contributed by atoms with E-state index < -0.39 is 5.97 Å². The molecule has 1 heterocycles. The van der Waals surface area contributed by atoms with Crippen molar-refractivity contribution in [3.8, 4) is 11.5 Å². The van der Waals surface area contributed by atoms with Gasteiger partial charge >= 0.3 is 5.97 Å². The molecule has 3 radical (unpaired) electrons. The Morgan fingerprint density at radius 1 is 1.14 bits per heavy atom. The number of nitrogens with zero attached hydrogens (tertiary/aromatic N) is 1. The molecule has 0 atom stereocenters. The minimum absolute atomic E-state index is 0. The molecular weight excluding hydrogens is 285 g/mol. The van der Waals surface area contributed by atoms with E-state index in [2.05, 4.69) is 0 Å². The Kier molecular flexibility index (Phi) is 4.38. The Morgan fingerprint density at radius 3 is 2.55 bits per heavy atom. The van der Waals surface area contributed by atoms with Crippen molar-refractivity contribution < 1.29 is 24.7 Å². The van der Waals surface area contributed by atoms with Crippen LogP contribution in [0.4, 0.5) is 5.69 Å². The van der Waals surface area contributed by atoms with E-state index in [-0.39, 0.29) is 14.0 Å². The molecular formula is C15H11BNO5. The van der Waals surface area contributed by atoms with Gasteiger partial charge in [0.1, 0.15) is 23.4 Å². The first kappa shape index (κ1) is 15.5. The Labute approximate surface area is 128 Å². The van der Waals surface area contributed by atoms with E-state index in [0.717, 1.165) is 0 Å². The highest BCUT2D eigenvalue weighted by atomic mass is 16.9. The summed E-state index contributed by atoms with van der Waals surface area (Å²) in [4.78, 5) is 15.6. The van der Waals surface area contributed by atoms with Crippen LogP contribution in [0.2, 0.25) is 0 Å². The second kappa shape index (κ2) is 6.23. The molecule has 2 aromatic carbocycles. The van der Waals surface area contributed by atoms with Crippen LogP contribution in [0, 0.1) is 0 Å². The number of hydrogen-bond donors (Lipinski definition) is 2. The lowest BCUT2D eigenvalue weighted by atomic mass is 10.1. The van der Waals surface area contributed by atoms with E-state index in [9.17, 15) is 10.0 Å². The summed E-state index contributed by atoms with van der Waals surface area (Å²) in [6, 6.07) is 11.2. The summed E-state index contributed by atoms with van der Waals surface area (Å²) in [6.45, 7) is 0. The molecule has 109 valence electrons. The molecule has 0 saturated heterocycles. The van der Waals surface area contributed by atoms with Gasteiger partial charge in [-0.15, -0.1) is 0 Å². The number of carboxylic acids is 1. The lowest BCUT2D eigenvalue weighted by molar-refractivity contribution is 0.0133. The number of benzene rings is 2. The number of fused-ring (bicyclic) bond motifs is 1. The zero-order chi connectivity index (χ0) is 14.8. The minimum atomic E-state index is -0.991. The van der Waals surface area contributed by atoms with Crippen molar-refractivity contribution in [2.24, 2.45) is 0 Å². The summed E-state index contributed by atoms with van der Waals surface area (Å²) >= 11 is 0. The second-order valence-corrected chi connectivity index (χ2v) is 4.30. The van der Waals surface area contributed by atoms with Gasteiger partial charge in [-0.2, -0.15) is 0 Å². The lowest BCUT2D eigenvalue weighted by Crippen LogP contribution is -2.18. The van der Waals surface area contributed by atoms with Crippen LogP contribution in [0.1, 0.15) is 15.9 Å². The first-order valence-electron chi connectivity index (χ1n) is 6.12. The number of ether oxygens (including phenoxy) is 1. The molecule has 6 nitrogen and oxygen atoms in total. The monoisotopic (exact) mass is 296 g/mol. The lowest BCUT2D eigenvalue weighted by Gasteiger charge is -2.22. The molecule has 0 amide bonds. The Balaban J connectivity index is 0.00000176. The van der Waals surface area contributed by atoms with Gasteiger partial charge in [0.2, 0.25) is 0 Å². The highest BCUT2D eigenvalue weighted by molar-refractivity contribution is 5.87. The fourth-order valence-electron chi connectivity index (χ4n) is 1.96. The zero-order valence-electron chi connectivity index (χ0n) is 11.3. The van der Waals surface area contributed by atoms with Crippen LogP contribution in [-0.2, 0) is 4.84 Å². The van der Waals surface area contributed by atoms with Crippen LogP contribution in [0.25, 0.3) is 6.08 Å². The number of carboxylic acid groups (broad SMARTS) is 1. The third-order valence-electron chi connectivity index (χ3n) is 2.97. The summed E-state index contributed by atoms with van der Waals surface area (Å²) in [7, 11) is 0. The molecule has 0 bridgehead atoms. The number of hydrogen-bond acceptors (Lipinski definition) is 5. The largest absolute Gasteiger partial charge is 0.478 e. The van der Waals surface area contributed by atoms with Crippen molar-refractivity contribution in [1.29, 1.82) is 0 Å². The molecule has 0 unspecified atom stereocenters. The Morgan fingerprint density at radius 2 is 1.86 bits per heavy atom. The normalized spacial score (nSPS) is 12.0. The highest BCUT2D eigenvalue weighted by Crippen LogP contribution is 2.35. The minimum Gasteiger partial charge on any atom is -0.478 e. The molecule has 0 saturated carbocycles. The molecule has 1 aliphatic heterocycles. The van der Waals surface area contributed by atoms with Gasteiger partial charge in [0.25, 0.3) is 0 Å². The number of rotatable bonds is 3. The van der Waals surface area contributed by atoms with Crippen molar-refractivity contribution in [3.05, 3.63) is 59.9 Å². The second-order valence-electron chi connectivity index (χ2n) is 4.30. The van der Waals surface area contributed by atoms with E-state index in [1.807, 2.05) is 0 Å². The van der Waals surface area contributed by atoms with Crippen LogP contribution in [0.5, 0.6) is 11.5 Å². The van der Waals surface area contributed by atoms with Gasteiger partial charge in [0.05, 0.1) is 5.56 Å². The molecule has 0 spiro atoms. The molecule has 2 aromatic rings. The summed E-state index contributed by atoms with van der Waals surface area (Å²) in [6.07, 6.45) is 3.01. The maximum Gasteiger partial charge on any atom is 0.335 e. The first-order valence-corrected chi connectivity index (χ1v) is 6.12. The maximum atomic E-state index is 10.8. The van der Waals surface area contributed by atoms with Crippen molar-refractivity contribution in [1.82, 2.24) is 0 Å². The molecule has 3 rings (SSSR count). The number of anilines is 1. The molecule has 0 aliphatic carbocycles. The van der Waals surface area contributed by atoms with Crippen LogP contribution in [0.3, 0.4) is 0 Å². The summed E-state index contributed by atoms with van der Waals surface area (Å²) in [5.41, 5.74) is 1.30. The van der Waals surface area contributed by atoms with Gasteiger partial charge in [-0.25, -0.2) is 4.79 Å². The van der Waals surface area contributed by atoms with Crippen LogP contribution >= 0.6 is 0 Å². The molecule has 1 aliphatic rings. The van der Waals surface area contributed by atoms with Crippen molar-refractivity contribution in [2.75, 3.05) is 5.23 Å². The van der Waals surface area contributed by atoms with Crippen molar-refractivity contribution in [3.63, 3.8) is 0 Å². The molecule has 7 heteroatoms. The van der Waals surface area contributed by atoms with Gasteiger partial charge in [0, 0.05) is 14.0 Å². The van der Waals surface area contributed by atoms with Crippen LogP contribution < -0.4 is 9.96 Å². The van der Waals surface area contributed by atoms with Gasteiger partial charge in [-0.05, 0) is 42.5 Å². The van der Waals surface area contributed by atoms with Gasteiger partial charge in [-0.3, -0.25) is 5.21 Å². The standard InChI is InChI=1S/C15H11NO5.B/c17-15(18)10-4-6-11(7-5-10)21-14-3-1-2-13-12(14)8-9-20-16(13)19;/h1-9,19H,(H,17,18);. The molecule has 0 fully saturated rings. The highest BCUT2D eigenvalue weighted by Gasteiger charge is 2.17. The predicted molar refractivity (Wildman–Crippen MR) is 80.1 cm³/mol. The average molecular weight is 296 g/mol. The average Bonchev–Trinajstić information content (AvgIpc) is 2.49.